The van der Waals surface area contributed by atoms with E-state index < -0.39 is 0 Å². The maximum Gasteiger partial charge on any atom is 0.221 e. The van der Waals surface area contributed by atoms with Gasteiger partial charge in [0, 0.05) is 32.7 Å². The highest BCUT2D eigenvalue weighted by atomic mass is 16.5. The second-order valence-corrected chi connectivity index (χ2v) is 5.06. The van der Waals surface area contributed by atoms with Gasteiger partial charge in [0.2, 0.25) is 5.91 Å². The van der Waals surface area contributed by atoms with E-state index in [1.807, 2.05) is 6.92 Å². The topological polar surface area (TPSA) is 64.4 Å². The molecule has 96 valence electrons. The van der Waals surface area contributed by atoms with Gasteiger partial charge in [0.15, 0.2) is 0 Å². The highest BCUT2D eigenvalue weighted by Crippen LogP contribution is 2.18. The summed E-state index contributed by atoms with van der Waals surface area (Å²) in [4.78, 5) is 11.5. The van der Waals surface area contributed by atoms with Crippen LogP contribution in [0.3, 0.4) is 0 Å². The van der Waals surface area contributed by atoms with Crippen LogP contribution in [0.5, 0.6) is 0 Å². The zero-order valence-electron chi connectivity index (χ0n) is 11.0. The van der Waals surface area contributed by atoms with Gasteiger partial charge in [-0.2, -0.15) is 0 Å². The van der Waals surface area contributed by atoms with Gasteiger partial charge < -0.3 is 15.8 Å². The van der Waals surface area contributed by atoms with Crippen LogP contribution in [-0.2, 0) is 9.53 Å². The van der Waals surface area contributed by atoms with Gasteiger partial charge >= 0.3 is 0 Å². The molecule has 0 spiro atoms. The molecule has 1 atom stereocenters. The SMILES string of the molecule is CCC(N)CC(=O)NCC(C)(C)CCOC. The fraction of sp³-hybridized carbons (Fsp3) is 0.917. The average molecular weight is 230 g/mol. The Kier molecular flexibility index (Phi) is 7.34. The number of carbonyl (C=O) groups excluding carboxylic acids is 1. The molecule has 0 aliphatic rings. The summed E-state index contributed by atoms with van der Waals surface area (Å²) >= 11 is 0. The molecule has 0 aromatic carbocycles. The molecule has 0 aliphatic carbocycles. The molecule has 0 saturated carbocycles. The van der Waals surface area contributed by atoms with E-state index in [0.29, 0.717) is 13.0 Å². The van der Waals surface area contributed by atoms with Crippen LogP contribution in [0.4, 0.5) is 0 Å². The van der Waals surface area contributed by atoms with Crippen LogP contribution in [0.2, 0.25) is 0 Å². The van der Waals surface area contributed by atoms with Crippen molar-refractivity contribution >= 4 is 5.91 Å². The van der Waals surface area contributed by atoms with Gasteiger partial charge in [0.05, 0.1) is 0 Å². The Labute approximate surface area is 98.9 Å². The van der Waals surface area contributed by atoms with Crippen LogP contribution >= 0.6 is 0 Å². The molecule has 0 aromatic rings. The largest absolute Gasteiger partial charge is 0.385 e. The van der Waals surface area contributed by atoms with E-state index in [4.69, 9.17) is 10.5 Å². The van der Waals surface area contributed by atoms with Crippen molar-refractivity contribution in [3.63, 3.8) is 0 Å². The van der Waals surface area contributed by atoms with Crippen LogP contribution in [0, 0.1) is 5.41 Å². The number of nitrogens with two attached hydrogens (primary N) is 1. The second kappa shape index (κ2) is 7.63. The number of carbonyl (C=O) groups is 1. The van der Waals surface area contributed by atoms with Crippen molar-refractivity contribution in [3.05, 3.63) is 0 Å². The highest BCUT2D eigenvalue weighted by Gasteiger charge is 2.18. The Hall–Kier alpha value is -0.610. The first-order chi connectivity index (χ1) is 7.41. The van der Waals surface area contributed by atoms with Crippen molar-refractivity contribution in [2.45, 2.75) is 46.1 Å². The molecule has 1 unspecified atom stereocenters. The molecule has 16 heavy (non-hydrogen) atoms. The maximum atomic E-state index is 11.5. The van der Waals surface area contributed by atoms with Crippen molar-refractivity contribution < 1.29 is 9.53 Å². The molecule has 0 rings (SSSR count). The third-order valence-electron chi connectivity index (χ3n) is 2.72. The van der Waals surface area contributed by atoms with Gasteiger partial charge in [0.25, 0.3) is 0 Å². The lowest BCUT2D eigenvalue weighted by atomic mass is 9.89. The molecule has 0 radical (unpaired) electrons. The lowest BCUT2D eigenvalue weighted by Crippen LogP contribution is -2.37. The summed E-state index contributed by atoms with van der Waals surface area (Å²) in [6.07, 6.45) is 2.18. The Morgan fingerprint density at radius 2 is 2.12 bits per heavy atom. The zero-order chi connectivity index (χ0) is 12.6. The minimum Gasteiger partial charge on any atom is -0.385 e. The summed E-state index contributed by atoms with van der Waals surface area (Å²) < 4.78 is 5.03. The van der Waals surface area contributed by atoms with Gasteiger partial charge in [-0.15, -0.1) is 0 Å². The maximum absolute atomic E-state index is 11.5. The van der Waals surface area contributed by atoms with Crippen molar-refractivity contribution in [1.82, 2.24) is 5.32 Å². The number of amides is 1. The molecule has 0 heterocycles. The first-order valence-electron chi connectivity index (χ1n) is 5.92. The third kappa shape index (κ3) is 7.65. The van der Waals surface area contributed by atoms with Crippen LogP contribution in [-0.4, -0.2) is 32.2 Å². The molecule has 0 fully saturated rings. The quantitative estimate of drug-likeness (QED) is 0.660. The van der Waals surface area contributed by atoms with Crippen molar-refractivity contribution in [3.8, 4) is 0 Å². The Morgan fingerprint density at radius 3 is 2.62 bits per heavy atom. The number of rotatable bonds is 8. The van der Waals surface area contributed by atoms with Crippen LogP contribution in [0.1, 0.15) is 40.0 Å². The predicted octanol–water partition coefficient (Wildman–Crippen LogP) is 1.29. The van der Waals surface area contributed by atoms with Gasteiger partial charge in [-0.05, 0) is 18.3 Å². The smallest absolute Gasteiger partial charge is 0.221 e. The van der Waals surface area contributed by atoms with Crippen molar-refractivity contribution in [2.24, 2.45) is 11.1 Å². The Morgan fingerprint density at radius 1 is 1.50 bits per heavy atom. The first kappa shape index (κ1) is 15.4. The van der Waals surface area contributed by atoms with E-state index in [1.54, 1.807) is 7.11 Å². The first-order valence-corrected chi connectivity index (χ1v) is 5.92. The van der Waals surface area contributed by atoms with Crippen molar-refractivity contribution in [2.75, 3.05) is 20.3 Å². The fourth-order valence-electron chi connectivity index (χ4n) is 1.26. The van der Waals surface area contributed by atoms with Gasteiger partial charge in [-0.3, -0.25) is 4.79 Å². The molecule has 0 aromatic heterocycles. The molecule has 4 heteroatoms. The molecule has 0 saturated heterocycles. The van der Waals surface area contributed by atoms with E-state index in [-0.39, 0.29) is 17.4 Å². The summed E-state index contributed by atoms with van der Waals surface area (Å²) in [7, 11) is 1.69. The molecular weight excluding hydrogens is 204 g/mol. The van der Waals surface area contributed by atoms with Crippen molar-refractivity contribution in [1.29, 1.82) is 0 Å². The number of nitrogens with one attached hydrogen (secondary N) is 1. The third-order valence-corrected chi connectivity index (χ3v) is 2.72. The molecule has 0 bridgehead atoms. The summed E-state index contributed by atoms with van der Waals surface area (Å²) in [5, 5.41) is 2.92. The second-order valence-electron chi connectivity index (χ2n) is 5.06. The van der Waals surface area contributed by atoms with Gasteiger partial charge in [-0.25, -0.2) is 0 Å². The van der Waals surface area contributed by atoms with Crippen LogP contribution in [0.15, 0.2) is 0 Å². The van der Waals surface area contributed by atoms with Crippen LogP contribution < -0.4 is 11.1 Å². The minimum atomic E-state index is -0.0258. The number of methoxy groups -OCH3 is 1. The highest BCUT2D eigenvalue weighted by molar-refractivity contribution is 5.76. The van der Waals surface area contributed by atoms with Gasteiger partial charge in [0.1, 0.15) is 0 Å². The normalized spacial score (nSPS) is 13.6. The number of hydrogen-bond acceptors (Lipinski definition) is 3. The van der Waals surface area contributed by atoms with E-state index in [0.717, 1.165) is 19.4 Å². The standard InChI is InChI=1S/C12H26N2O2/c1-5-10(13)8-11(15)14-9-12(2,3)6-7-16-4/h10H,5-9,13H2,1-4H3,(H,14,15). The molecule has 1 amide bonds. The zero-order valence-corrected chi connectivity index (χ0v) is 11.0. The average Bonchev–Trinajstić information content (AvgIpc) is 2.24. The lowest BCUT2D eigenvalue weighted by molar-refractivity contribution is -0.121. The summed E-state index contributed by atoms with van der Waals surface area (Å²) in [5.41, 5.74) is 5.78. The molecule has 4 nitrogen and oxygen atoms in total. The van der Waals surface area contributed by atoms with Gasteiger partial charge in [-0.1, -0.05) is 20.8 Å². The number of hydrogen-bond donors (Lipinski definition) is 2. The Balaban J connectivity index is 3.81. The van der Waals surface area contributed by atoms with E-state index in [9.17, 15) is 4.79 Å². The Bertz CT molecular complexity index is 205. The monoisotopic (exact) mass is 230 g/mol. The van der Waals surface area contributed by atoms with E-state index >= 15 is 0 Å². The van der Waals surface area contributed by atoms with Crippen LogP contribution in [0.25, 0.3) is 0 Å². The lowest BCUT2D eigenvalue weighted by Gasteiger charge is -2.24. The minimum absolute atomic E-state index is 0.0258. The number of ether oxygens (including phenoxy) is 1. The summed E-state index contributed by atoms with van der Waals surface area (Å²) in [6.45, 7) is 7.61. The molecule has 3 N–H and O–H groups in total. The van der Waals surface area contributed by atoms with E-state index in [2.05, 4.69) is 19.2 Å². The predicted molar refractivity (Wildman–Crippen MR) is 66.2 cm³/mol. The molecule has 0 aliphatic heterocycles. The molecular formula is C12H26N2O2. The summed E-state index contributed by atoms with van der Waals surface area (Å²) in [5.74, 6) is 0.0415. The summed E-state index contributed by atoms with van der Waals surface area (Å²) in [6, 6.07) is -0.0258. The van der Waals surface area contributed by atoms with E-state index in [1.165, 1.54) is 0 Å². The fourth-order valence-corrected chi connectivity index (χ4v) is 1.26.